The summed E-state index contributed by atoms with van der Waals surface area (Å²) in [5, 5.41) is 3.10. The lowest BCUT2D eigenvalue weighted by molar-refractivity contribution is -0.172. The molecule has 0 spiro atoms. The molecule has 2 rings (SSSR count). The van der Waals surface area contributed by atoms with E-state index < -0.39 is 12.8 Å². The second kappa shape index (κ2) is 5.93. The summed E-state index contributed by atoms with van der Waals surface area (Å²) in [6.45, 7) is -1.25. The van der Waals surface area contributed by atoms with Crippen molar-refractivity contribution in [3.63, 3.8) is 0 Å². The molecule has 0 aliphatic heterocycles. The zero-order chi connectivity index (χ0) is 13.9. The van der Waals surface area contributed by atoms with Crippen molar-refractivity contribution >= 4 is 39.1 Å². The molecule has 2 aromatic rings. The number of ether oxygens (including phenoxy) is 1. The highest BCUT2D eigenvalue weighted by atomic mass is 32.2. The van der Waals surface area contributed by atoms with Gasteiger partial charge in [-0.05, 0) is 11.4 Å². The molecule has 0 atom stereocenters. The summed E-state index contributed by atoms with van der Waals surface area (Å²) >= 11 is 2.65. The average molecular weight is 309 g/mol. The number of hydrogen-bond donors (Lipinski definition) is 1. The minimum absolute atomic E-state index is 0.0179. The van der Waals surface area contributed by atoms with Gasteiger partial charge in [-0.15, -0.1) is 11.3 Å². The standard InChI is InChI=1S/C10H10F3N3OS2/c11-10(12,13)5-17-2-4-19-9-15-7(14)6-1-3-18-8(6)16-9/h1,3H,2,4-5H2,(H2,14,15,16). The molecule has 9 heteroatoms. The molecule has 2 heterocycles. The van der Waals surface area contributed by atoms with E-state index in [1.165, 1.54) is 23.1 Å². The molecule has 0 aliphatic rings. The maximum atomic E-state index is 11.8. The Hall–Kier alpha value is -1.06. The number of alkyl halides is 3. The van der Waals surface area contributed by atoms with Crippen LogP contribution in [0.4, 0.5) is 19.0 Å². The number of thiophene rings is 1. The maximum absolute atomic E-state index is 11.8. The Balaban J connectivity index is 1.85. The van der Waals surface area contributed by atoms with E-state index in [0.717, 1.165) is 10.2 Å². The minimum Gasteiger partial charge on any atom is -0.383 e. The van der Waals surface area contributed by atoms with E-state index in [1.54, 1.807) is 0 Å². The van der Waals surface area contributed by atoms with Crippen molar-refractivity contribution in [2.24, 2.45) is 0 Å². The summed E-state index contributed by atoms with van der Waals surface area (Å²) < 4.78 is 40.0. The molecule has 0 amide bonds. The summed E-state index contributed by atoms with van der Waals surface area (Å²) in [6.07, 6.45) is -4.29. The normalized spacial score (nSPS) is 12.2. The number of nitrogen functional groups attached to an aromatic ring is 1. The first-order valence-corrected chi connectivity index (χ1v) is 7.10. The largest absolute Gasteiger partial charge is 0.411 e. The van der Waals surface area contributed by atoms with Gasteiger partial charge in [-0.2, -0.15) is 13.2 Å². The second-order valence-corrected chi connectivity index (χ2v) is 5.50. The van der Waals surface area contributed by atoms with Gasteiger partial charge in [0.25, 0.3) is 0 Å². The predicted octanol–water partition coefficient (Wildman–Crippen LogP) is 2.94. The first-order valence-electron chi connectivity index (χ1n) is 5.24. The van der Waals surface area contributed by atoms with Gasteiger partial charge in [-0.25, -0.2) is 9.97 Å². The van der Waals surface area contributed by atoms with Crippen LogP contribution in [0.3, 0.4) is 0 Å². The summed E-state index contributed by atoms with van der Waals surface area (Å²) in [7, 11) is 0. The van der Waals surface area contributed by atoms with E-state index in [4.69, 9.17) is 5.73 Å². The van der Waals surface area contributed by atoms with Gasteiger partial charge in [0.15, 0.2) is 5.16 Å². The van der Waals surface area contributed by atoms with Crippen LogP contribution in [0.1, 0.15) is 0 Å². The molecular formula is C10H10F3N3OS2. The molecule has 4 nitrogen and oxygen atoms in total. The summed E-state index contributed by atoms with van der Waals surface area (Å²) in [5.41, 5.74) is 5.75. The third-order valence-corrected chi connectivity index (χ3v) is 3.68. The Kier molecular flexibility index (Phi) is 4.48. The molecular weight excluding hydrogens is 299 g/mol. The maximum Gasteiger partial charge on any atom is 0.411 e. The lowest BCUT2D eigenvalue weighted by atomic mass is 10.4. The molecule has 0 fully saturated rings. The van der Waals surface area contributed by atoms with Gasteiger partial charge in [-0.1, -0.05) is 11.8 Å². The van der Waals surface area contributed by atoms with E-state index in [2.05, 4.69) is 14.7 Å². The summed E-state index contributed by atoms with van der Waals surface area (Å²) in [6, 6.07) is 1.83. The molecule has 0 saturated carbocycles. The van der Waals surface area contributed by atoms with Crippen molar-refractivity contribution in [1.82, 2.24) is 9.97 Å². The van der Waals surface area contributed by atoms with Crippen molar-refractivity contribution in [3.05, 3.63) is 11.4 Å². The molecule has 104 valence electrons. The van der Waals surface area contributed by atoms with Crippen LogP contribution in [0.25, 0.3) is 10.2 Å². The molecule has 0 aromatic carbocycles. The fourth-order valence-electron chi connectivity index (χ4n) is 1.30. The Bertz CT molecular complexity index is 558. The number of thioether (sulfide) groups is 1. The van der Waals surface area contributed by atoms with Crippen LogP contribution >= 0.6 is 23.1 Å². The van der Waals surface area contributed by atoms with Crippen LogP contribution in [-0.4, -0.2) is 35.1 Å². The number of rotatable bonds is 5. The van der Waals surface area contributed by atoms with Crippen molar-refractivity contribution in [2.75, 3.05) is 24.7 Å². The van der Waals surface area contributed by atoms with Crippen molar-refractivity contribution in [3.8, 4) is 0 Å². The lowest BCUT2D eigenvalue weighted by Crippen LogP contribution is -2.17. The number of hydrogen-bond acceptors (Lipinski definition) is 6. The van der Waals surface area contributed by atoms with E-state index in [-0.39, 0.29) is 6.61 Å². The van der Waals surface area contributed by atoms with Crippen LogP contribution in [0, 0.1) is 0 Å². The molecule has 0 saturated heterocycles. The number of fused-ring (bicyclic) bond motifs is 1. The van der Waals surface area contributed by atoms with Crippen molar-refractivity contribution in [2.45, 2.75) is 11.3 Å². The predicted molar refractivity (Wildman–Crippen MR) is 69.4 cm³/mol. The lowest BCUT2D eigenvalue weighted by Gasteiger charge is -2.07. The highest BCUT2D eigenvalue weighted by molar-refractivity contribution is 7.99. The van der Waals surface area contributed by atoms with Gasteiger partial charge >= 0.3 is 6.18 Å². The first kappa shape index (κ1) is 14.4. The summed E-state index contributed by atoms with van der Waals surface area (Å²) in [4.78, 5) is 9.10. The Morgan fingerprint density at radius 1 is 1.37 bits per heavy atom. The fraction of sp³-hybridized carbons (Fsp3) is 0.400. The third-order valence-electron chi connectivity index (χ3n) is 2.06. The SMILES string of the molecule is Nc1nc(SCCOCC(F)(F)F)nc2sccc12. The van der Waals surface area contributed by atoms with Crippen LogP contribution in [0.2, 0.25) is 0 Å². The smallest absolute Gasteiger partial charge is 0.383 e. The first-order chi connectivity index (χ1) is 8.96. The summed E-state index contributed by atoms with van der Waals surface area (Å²) in [5.74, 6) is 0.719. The quantitative estimate of drug-likeness (QED) is 0.523. The topological polar surface area (TPSA) is 61.0 Å². The fourth-order valence-corrected chi connectivity index (χ4v) is 2.83. The average Bonchev–Trinajstić information content (AvgIpc) is 2.75. The molecule has 2 N–H and O–H groups in total. The molecule has 0 aliphatic carbocycles. The van der Waals surface area contributed by atoms with Crippen LogP contribution in [0.5, 0.6) is 0 Å². The minimum atomic E-state index is -4.29. The molecule has 2 aromatic heterocycles. The number of halogens is 3. The number of nitrogens with zero attached hydrogens (tertiary/aromatic N) is 2. The van der Waals surface area contributed by atoms with Crippen molar-refractivity contribution in [1.29, 1.82) is 0 Å². The van der Waals surface area contributed by atoms with E-state index in [0.29, 0.717) is 16.7 Å². The van der Waals surface area contributed by atoms with Gasteiger partial charge in [0.05, 0.1) is 12.0 Å². The number of nitrogens with two attached hydrogens (primary N) is 1. The van der Waals surface area contributed by atoms with Gasteiger partial charge in [0.2, 0.25) is 0 Å². The van der Waals surface area contributed by atoms with Gasteiger partial charge in [0.1, 0.15) is 17.3 Å². The third kappa shape index (κ3) is 4.22. The molecule has 19 heavy (non-hydrogen) atoms. The Labute approximate surface area is 115 Å². The molecule has 0 bridgehead atoms. The zero-order valence-corrected chi connectivity index (χ0v) is 11.2. The van der Waals surface area contributed by atoms with Crippen LogP contribution in [-0.2, 0) is 4.74 Å². The van der Waals surface area contributed by atoms with Crippen LogP contribution in [0.15, 0.2) is 16.6 Å². The van der Waals surface area contributed by atoms with Gasteiger partial charge in [-0.3, -0.25) is 0 Å². The second-order valence-electron chi connectivity index (χ2n) is 3.55. The molecule has 0 radical (unpaired) electrons. The highest BCUT2D eigenvalue weighted by Gasteiger charge is 2.27. The van der Waals surface area contributed by atoms with E-state index in [1.807, 2.05) is 11.4 Å². The van der Waals surface area contributed by atoms with E-state index >= 15 is 0 Å². The molecule has 0 unspecified atom stereocenters. The van der Waals surface area contributed by atoms with Crippen molar-refractivity contribution < 1.29 is 17.9 Å². The van der Waals surface area contributed by atoms with Gasteiger partial charge < -0.3 is 10.5 Å². The monoisotopic (exact) mass is 309 g/mol. The van der Waals surface area contributed by atoms with Crippen LogP contribution < -0.4 is 5.73 Å². The number of anilines is 1. The number of aromatic nitrogens is 2. The Morgan fingerprint density at radius 3 is 2.89 bits per heavy atom. The van der Waals surface area contributed by atoms with Gasteiger partial charge in [0, 0.05) is 5.75 Å². The van der Waals surface area contributed by atoms with E-state index in [9.17, 15) is 13.2 Å². The zero-order valence-electron chi connectivity index (χ0n) is 9.61. The Morgan fingerprint density at radius 2 is 2.16 bits per heavy atom. The highest BCUT2D eigenvalue weighted by Crippen LogP contribution is 2.26.